The second-order valence-electron chi connectivity index (χ2n) is 21.1. The summed E-state index contributed by atoms with van der Waals surface area (Å²) in [6.07, 6.45) is 0. The first-order chi connectivity index (χ1) is 31.7. The first kappa shape index (κ1) is 39.5. The van der Waals surface area contributed by atoms with Gasteiger partial charge in [0.2, 0.25) is 5.89 Å². The fraction of sp³-hybridized carbons (Fsp3) is 0.183. The first-order valence-corrected chi connectivity index (χ1v) is 24.0. The van der Waals surface area contributed by atoms with Gasteiger partial charge >= 0.3 is 0 Å². The Hall–Kier alpha value is -6.89. The van der Waals surface area contributed by atoms with Crippen LogP contribution in [-0.4, -0.2) is 16.8 Å². The van der Waals surface area contributed by atoms with E-state index in [0.717, 1.165) is 39.2 Å². The summed E-state index contributed by atoms with van der Waals surface area (Å²) in [5, 5.41) is 9.20. The molecule has 1 N–H and O–H groups in total. The maximum atomic E-state index is 6.60. The first-order valence-electron chi connectivity index (χ1n) is 23.2. The third-order valence-electron chi connectivity index (χ3n) is 14.5. The Morgan fingerprint density at radius 2 is 1.38 bits per heavy atom. The van der Waals surface area contributed by atoms with Gasteiger partial charge in [0.05, 0.1) is 11.0 Å². The van der Waals surface area contributed by atoms with Gasteiger partial charge in [0, 0.05) is 70.6 Å². The lowest BCUT2D eigenvalue weighted by atomic mass is 9.58. The zero-order valence-corrected chi connectivity index (χ0v) is 39.5. The largest absolute Gasteiger partial charge is 0.436 e. The van der Waals surface area contributed by atoms with Crippen molar-refractivity contribution in [2.75, 3.05) is 5.32 Å². The Labute approximate surface area is 390 Å². The Morgan fingerprint density at radius 3 is 2.17 bits per heavy atom. The smallest absolute Gasteiger partial charge is 0.227 e. The number of anilines is 2. The third-order valence-corrected chi connectivity index (χ3v) is 15.7. The standard InChI is InChI=1S/C60H49BN3OS/c1-58(2,3)34-22-25-36(26-23-34)62-45-30-43-39(37-18-12-14-20-42(37)60(43,7)8)29-40(45)51-52-38-19-13-15-21-50(38)66-56(52)53-41-28-35(59(4,5)6)24-27-47(41)64-48-32-49-46(31-44(48)61-54(51)55(53)64)63-57(65-49)33-16-10-9-11-17-33/h9-32,62H,1-8H3. The summed E-state index contributed by atoms with van der Waals surface area (Å²) in [5.41, 5.74) is 20.8. The highest BCUT2D eigenvalue weighted by atomic mass is 32.1. The topological polar surface area (TPSA) is 43.0 Å². The molecule has 66 heavy (non-hydrogen) atoms. The third kappa shape index (κ3) is 5.67. The van der Waals surface area contributed by atoms with Crippen LogP contribution in [0.15, 0.2) is 150 Å². The highest BCUT2D eigenvalue weighted by Gasteiger charge is 2.38. The van der Waals surface area contributed by atoms with Gasteiger partial charge in [-0.3, -0.25) is 0 Å². The average molecular weight is 871 g/mol. The maximum absolute atomic E-state index is 6.60. The van der Waals surface area contributed by atoms with Crippen LogP contribution in [0.25, 0.3) is 92.5 Å². The predicted molar refractivity (Wildman–Crippen MR) is 282 cm³/mol. The number of aromatic nitrogens is 2. The monoisotopic (exact) mass is 870 g/mol. The molecule has 0 saturated heterocycles. The summed E-state index contributed by atoms with van der Waals surface area (Å²) >= 11 is 1.92. The Morgan fingerprint density at radius 1 is 0.652 bits per heavy atom. The molecule has 1 radical (unpaired) electrons. The molecule has 0 amide bonds. The van der Waals surface area contributed by atoms with Crippen molar-refractivity contribution in [1.82, 2.24) is 9.55 Å². The molecule has 3 aromatic heterocycles. The molecule has 0 bridgehead atoms. The second-order valence-corrected chi connectivity index (χ2v) is 22.2. The fourth-order valence-electron chi connectivity index (χ4n) is 11.1. The van der Waals surface area contributed by atoms with Crippen molar-refractivity contribution in [1.29, 1.82) is 0 Å². The van der Waals surface area contributed by atoms with Crippen molar-refractivity contribution in [2.24, 2.45) is 0 Å². The van der Waals surface area contributed by atoms with Gasteiger partial charge in [-0.25, -0.2) is 4.98 Å². The fourth-order valence-corrected chi connectivity index (χ4v) is 12.3. The Balaban J connectivity index is 1.17. The van der Waals surface area contributed by atoms with E-state index in [1.54, 1.807) is 0 Å². The van der Waals surface area contributed by atoms with Crippen molar-refractivity contribution in [2.45, 2.75) is 71.6 Å². The number of rotatable bonds is 4. The zero-order valence-electron chi connectivity index (χ0n) is 38.6. The van der Waals surface area contributed by atoms with Gasteiger partial charge in [-0.1, -0.05) is 140 Å². The van der Waals surface area contributed by atoms with Gasteiger partial charge in [0.15, 0.2) is 12.9 Å². The van der Waals surface area contributed by atoms with E-state index in [1.165, 1.54) is 91.9 Å². The molecule has 0 atom stereocenters. The molecule has 1 aliphatic heterocycles. The minimum Gasteiger partial charge on any atom is -0.436 e. The van der Waals surface area contributed by atoms with Crippen LogP contribution in [0.5, 0.6) is 0 Å². The molecule has 8 aromatic carbocycles. The van der Waals surface area contributed by atoms with Gasteiger partial charge in [0.1, 0.15) is 5.52 Å². The molecular formula is C60H49BN3OS. The number of benzene rings is 8. The van der Waals surface area contributed by atoms with E-state index in [2.05, 4.69) is 200 Å². The lowest BCUT2D eigenvalue weighted by molar-refractivity contribution is 0.590. The average Bonchev–Trinajstić information content (AvgIpc) is 4.05. The number of hydrogen-bond donors (Lipinski definition) is 1. The van der Waals surface area contributed by atoms with Gasteiger partial charge in [-0.05, 0) is 116 Å². The molecule has 4 heterocycles. The maximum Gasteiger partial charge on any atom is 0.227 e. The normalized spacial score (nSPS) is 14.0. The number of nitrogens with zero attached hydrogens (tertiary/aromatic N) is 2. The van der Waals surface area contributed by atoms with Crippen LogP contribution in [0.3, 0.4) is 0 Å². The number of oxazole rings is 1. The molecule has 6 heteroatoms. The van der Waals surface area contributed by atoms with Gasteiger partial charge in [0.25, 0.3) is 0 Å². The highest BCUT2D eigenvalue weighted by Crippen LogP contribution is 2.54. The summed E-state index contributed by atoms with van der Waals surface area (Å²) in [4.78, 5) is 5.10. The SMILES string of the molecule is CC(C)(C)c1ccc(Nc2cc3c(cc2-c2c4c5c(c6cc(C(C)(C)C)ccc6n5-c5cc6oc(-c7ccccc7)nc6cc5[B]4)c4sc5ccccc5c24)-c2ccccc2C3(C)C)cc1. The molecule has 13 rings (SSSR count). The van der Waals surface area contributed by atoms with E-state index in [-0.39, 0.29) is 16.2 Å². The van der Waals surface area contributed by atoms with Crippen molar-refractivity contribution < 1.29 is 4.42 Å². The number of hydrogen-bond acceptors (Lipinski definition) is 4. The van der Waals surface area contributed by atoms with Crippen molar-refractivity contribution in [3.8, 4) is 39.4 Å². The van der Waals surface area contributed by atoms with E-state index in [0.29, 0.717) is 5.89 Å². The molecule has 0 unspecified atom stereocenters. The minimum absolute atomic E-state index is 0.0329. The quantitative estimate of drug-likeness (QED) is 0.179. The molecule has 2 aliphatic rings. The van der Waals surface area contributed by atoms with E-state index in [4.69, 9.17) is 9.40 Å². The highest BCUT2D eigenvalue weighted by molar-refractivity contribution is 7.27. The molecule has 0 fully saturated rings. The Kier molecular flexibility index (Phi) is 8.13. The molecule has 0 saturated carbocycles. The van der Waals surface area contributed by atoms with E-state index in [9.17, 15) is 0 Å². The Bertz CT molecular complexity index is 3850. The lowest BCUT2D eigenvalue weighted by Gasteiger charge is -2.26. The summed E-state index contributed by atoms with van der Waals surface area (Å²) in [5.74, 6) is 0.628. The van der Waals surface area contributed by atoms with Crippen LogP contribution < -0.4 is 16.2 Å². The van der Waals surface area contributed by atoms with Crippen LogP contribution in [0.1, 0.15) is 77.6 Å². The van der Waals surface area contributed by atoms with E-state index < -0.39 is 0 Å². The van der Waals surface area contributed by atoms with Crippen molar-refractivity contribution >= 4 is 94.0 Å². The van der Waals surface area contributed by atoms with E-state index in [1.807, 2.05) is 29.5 Å². The molecule has 4 nitrogen and oxygen atoms in total. The minimum atomic E-state index is -0.177. The summed E-state index contributed by atoms with van der Waals surface area (Å²) in [7, 11) is 2.45. The zero-order chi connectivity index (χ0) is 45.0. The van der Waals surface area contributed by atoms with Crippen LogP contribution in [0.2, 0.25) is 0 Å². The number of fused-ring (bicyclic) bond motifs is 13. The van der Waals surface area contributed by atoms with Crippen LogP contribution in [-0.2, 0) is 16.2 Å². The molecule has 319 valence electrons. The molecule has 11 aromatic rings. The van der Waals surface area contributed by atoms with Gasteiger partial charge in [-0.15, -0.1) is 11.3 Å². The lowest BCUT2D eigenvalue weighted by Crippen LogP contribution is -2.37. The van der Waals surface area contributed by atoms with Crippen LogP contribution in [0.4, 0.5) is 11.4 Å². The summed E-state index contributed by atoms with van der Waals surface area (Å²) in [6.45, 7) is 18.5. The van der Waals surface area contributed by atoms with E-state index >= 15 is 0 Å². The van der Waals surface area contributed by atoms with Crippen molar-refractivity contribution in [3.05, 3.63) is 168 Å². The van der Waals surface area contributed by atoms with Crippen molar-refractivity contribution in [3.63, 3.8) is 0 Å². The molecular weight excluding hydrogens is 822 g/mol. The summed E-state index contributed by atoms with van der Waals surface area (Å²) in [6, 6.07) is 53.9. The molecule has 1 aliphatic carbocycles. The second kappa shape index (κ2) is 13.6. The van der Waals surface area contributed by atoms with Gasteiger partial charge < -0.3 is 14.3 Å². The predicted octanol–water partition coefficient (Wildman–Crippen LogP) is 15.2. The van der Waals surface area contributed by atoms with Crippen LogP contribution in [0, 0.1) is 0 Å². The number of thiophene rings is 1. The number of nitrogens with one attached hydrogen (secondary N) is 1. The van der Waals surface area contributed by atoms with Crippen LogP contribution >= 0.6 is 11.3 Å². The summed E-state index contributed by atoms with van der Waals surface area (Å²) < 4.78 is 11.7. The van der Waals surface area contributed by atoms with Gasteiger partial charge in [-0.2, -0.15) is 0 Å². The molecule has 0 spiro atoms.